The van der Waals surface area contributed by atoms with Gasteiger partial charge in [-0.2, -0.15) is 0 Å². The maximum Gasteiger partial charge on any atom is 0.352 e. The van der Waals surface area contributed by atoms with E-state index in [1.54, 1.807) is 7.11 Å². The molecule has 3 aromatic rings. The molecule has 0 aliphatic carbocycles. The number of esters is 1. The highest BCUT2D eigenvalue weighted by Crippen LogP contribution is 2.26. The van der Waals surface area contributed by atoms with Crippen LogP contribution in [0.1, 0.15) is 15.2 Å². The molecule has 0 aliphatic heterocycles. The van der Waals surface area contributed by atoms with Crippen LogP contribution < -0.4 is 4.74 Å². The Kier molecular flexibility index (Phi) is 5.22. The lowest BCUT2D eigenvalue weighted by atomic mass is 10.1. The maximum atomic E-state index is 12.3. The normalized spacial score (nSPS) is 10.4. The summed E-state index contributed by atoms with van der Waals surface area (Å²) in [5, 5.41) is 4.05. The van der Waals surface area contributed by atoms with Crippen molar-refractivity contribution in [3.63, 3.8) is 0 Å². The summed E-state index contributed by atoms with van der Waals surface area (Å²) in [5.41, 5.74) is 2.22. The lowest BCUT2D eigenvalue weighted by Gasteiger charge is -2.05. The molecule has 0 fully saturated rings. The molecule has 0 amide bonds. The third kappa shape index (κ3) is 3.80. The van der Waals surface area contributed by atoms with E-state index in [2.05, 4.69) is 25.5 Å². The molecule has 0 unspecified atom stereocenters. The van der Waals surface area contributed by atoms with Crippen molar-refractivity contribution in [2.45, 2.75) is 6.61 Å². The van der Waals surface area contributed by atoms with E-state index < -0.39 is 5.97 Å². The predicted molar refractivity (Wildman–Crippen MR) is 95.2 cm³/mol. The van der Waals surface area contributed by atoms with Gasteiger partial charge in [-0.05, 0) is 53.5 Å². The predicted octanol–water partition coefficient (Wildman–Crippen LogP) is 4.33. The third-order valence-corrected chi connectivity index (χ3v) is 4.55. The van der Waals surface area contributed by atoms with Gasteiger partial charge in [0.15, 0.2) is 4.88 Å². The first-order valence-corrected chi connectivity index (χ1v) is 8.62. The standard InChI is InChI=1S/C17H13BrN2O3S/c1-22-14-8-4-12(5-9-14)15-16(24-20-19-15)17(21)23-10-11-2-6-13(18)7-3-11/h2-9H,10H2,1H3. The molecule has 3 rings (SSSR count). The van der Waals surface area contributed by atoms with Gasteiger partial charge in [0.2, 0.25) is 0 Å². The van der Waals surface area contributed by atoms with Crippen LogP contribution in [0.2, 0.25) is 0 Å². The molecule has 0 N–H and O–H groups in total. The average molecular weight is 405 g/mol. The molecule has 2 aromatic carbocycles. The molecule has 0 atom stereocenters. The number of nitrogens with zero attached hydrogens (tertiary/aromatic N) is 2. The topological polar surface area (TPSA) is 61.3 Å². The van der Waals surface area contributed by atoms with Crippen LogP contribution in [0, 0.1) is 0 Å². The number of ether oxygens (including phenoxy) is 2. The van der Waals surface area contributed by atoms with Gasteiger partial charge in [0, 0.05) is 10.0 Å². The smallest absolute Gasteiger partial charge is 0.352 e. The van der Waals surface area contributed by atoms with Crippen LogP contribution in [0.15, 0.2) is 53.0 Å². The highest BCUT2D eigenvalue weighted by Gasteiger charge is 2.19. The molecule has 7 heteroatoms. The zero-order valence-corrected chi connectivity index (χ0v) is 15.1. The van der Waals surface area contributed by atoms with Crippen molar-refractivity contribution in [1.82, 2.24) is 9.59 Å². The molecule has 24 heavy (non-hydrogen) atoms. The van der Waals surface area contributed by atoms with Crippen molar-refractivity contribution in [3.05, 3.63) is 63.4 Å². The molecule has 0 saturated heterocycles. The number of methoxy groups -OCH3 is 1. The summed E-state index contributed by atoms with van der Waals surface area (Å²) >= 11 is 4.40. The van der Waals surface area contributed by atoms with Gasteiger partial charge in [-0.3, -0.25) is 0 Å². The number of halogens is 1. The minimum atomic E-state index is -0.432. The average Bonchev–Trinajstić information content (AvgIpc) is 3.11. The summed E-state index contributed by atoms with van der Waals surface area (Å²) in [6, 6.07) is 14.9. The lowest BCUT2D eigenvalue weighted by molar-refractivity contribution is 0.0479. The monoisotopic (exact) mass is 404 g/mol. The van der Waals surface area contributed by atoms with E-state index in [-0.39, 0.29) is 6.61 Å². The van der Waals surface area contributed by atoms with Gasteiger partial charge in [0.1, 0.15) is 18.1 Å². The molecule has 1 heterocycles. The fourth-order valence-corrected chi connectivity index (χ4v) is 2.90. The number of benzene rings is 2. The van der Waals surface area contributed by atoms with E-state index in [0.29, 0.717) is 10.6 Å². The number of carbonyl (C=O) groups excluding carboxylic acids is 1. The van der Waals surface area contributed by atoms with Gasteiger partial charge >= 0.3 is 5.97 Å². The second kappa shape index (κ2) is 7.55. The lowest BCUT2D eigenvalue weighted by Crippen LogP contribution is -2.05. The highest BCUT2D eigenvalue weighted by atomic mass is 79.9. The SMILES string of the molecule is COc1ccc(-c2nnsc2C(=O)OCc2ccc(Br)cc2)cc1. The molecule has 0 bridgehead atoms. The third-order valence-electron chi connectivity index (χ3n) is 3.32. The summed E-state index contributed by atoms with van der Waals surface area (Å²) in [6.07, 6.45) is 0. The summed E-state index contributed by atoms with van der Waals surface area (Å²) in [7, 11) is 1.60. The van der Waals surface area contributed by atoms with E-state index in [1.165, 1.54) is 0 Å². The Morgan fingerprint density at radius 2 is 1.83 bits per heavy atom. The zero-order valence-electron chi connectivity index (χ0n) is 12.7. The Bertz CT molecular complexity index is 832. The van der Waals surface area contributed by atoms with Crippen molar-refractivity contribution in [2.24, 2.45) is 0 Å². The molecule has 0 saturated carbocycles. The fourth-order valence-electron chi connectivity index (χ4n) is 2.06. The van der Waals surface area contributed by atoms with Gasteiger partial charge in [-0.1, -0.05) is 32.6 Å². The van der Waals surface area contributed by atoms with Crippen LogP contribution >= 0.6 is 27.5 Å². The van der Waals surface area contributed by atoms with Crippen molar-refractivity contribution >= 4 is 33.4 Å². The van der Waals surface area contributed by atoms with Crippen molar-refractivity contribution in [3.8, 4) is 17.0 Å². The van der Waals surface area contributed by atoms with Gasteiger partial charge in [0.25, 0.3) is 0 Å². The van der Waals surface area contributed by atoms with Crippen LogP contribution in [-0.4, -0.2) is 22.7 Å². The van der Waals surface area contributed by atoms with E-state index in [4.69, 9.17) is 9.47 Å². The summed E-state index contributed by atoms with van der Waals surface area (Å²) in [4.78, 5) is 12.7. The quantitative estimate of drug-likeness (QED) is 0.592. The van der Waals surface area contributed by atoms with Gasteiger partial charge in [-0.15, -0.1) is 5.10 Å². The Balaban J connectivity index is 1.73. The minimum Gasteiger partial charge on any atom is -0.497 e. The van der Waals surface area contributed by atoms with E-state index in [9.17, 15) is 4.79 Å². The van der Waals surface area contributed by atoms with Gasteiger partial charge in [-0.25, -0.2) is 4.79 Å². The summed E-state index contributed by atoms with van der Waals surface area (Å²) in [5.74, 6) is 0.306. The van der Waals surface area contributed by atoms with Crippen molar-refractivity contribution in [2.75, 3.05) is 7.11 Å². The Hall–Kier alpha value is -2.25. The van der Waals surface area contributed by atoms with E-state index in [1.807, 2.05) is 48.5 Å². The van der Waals surface area contributed by atoms with Crippen LogP contribution in [0.25, 0.3) is 11.3 Å². The van der Waals surface area contributed by atoms with Crippen molar-refractivity contribution < 1.29 is 14.3 Å². The summed E-state index contributed by atoms with van der Waals surface area (Å²) < 4.78 is 15.4. The van der Waals surface area contributed by atoms with E-state index in [0.717, 1.165) is 32.9 Å². The Morgan fingerprint density at radius 3 is 2.50 bits per heavy atom. The second-order valence-electron chi connectivity index (χ2n) is 4.88. The van der Waals surface area contributed by atoms with Crippen LogP contribution in [0.4, 0.5) is 0 Å². The molecule has 5 nitrogen and oxygen atoms in total. The Morgan fingerprint density at radius 1 is 1.12 bits per heavy atom. The number of hydrogen-bond donors (Lipinski definition) is 0. The van der Waals surface area contributed by atoms with Gasteiger partial charge in [0.05, 0.1) is 7.11 Å². The largest absolute Gasteiger partial charge is 0.497 e. The molecule has 0 spiro atoms. The number of carbonyl (C=O) groups is 1. The number of rotatable bonds is 5. The van der Waals surface area contributed by atoms with E-state index >= 15 is 0 Å². The number of hydrogen-bond acceptors (Lipinski definition) is 6. The molecular formula is C17H13BrN2O3S. The first kappa shape index (κ1) is 16.6. The molecule has 0 radical (unpaired) electrons. The Labute approximate surface area is 151 Å². The molecule has 122 valence electrons. The van der Waals surface area contributed by atoms with Crippen LogP contribution in [0.5, 0.6) is 5.75 Å². The molecular weight excluding hydrogens is 392 g/mol. The minimum absolute atomic E-state index is 0.200. The zero-order chi connectivity index (χ0) is 16.9. The molecule has 1 aromatic heterocycles. The fraction of sp³-hybridized carbons (Fsp3) is 0.118. The van der Waals surface area contributed by atoms with Crippen LogP contribution in [0.3, 0.4) is 0 Å². The first-order valence-electron chi connectivity index (χ1n) is 7.05. The van der Waals surface area contributed by atoms with Gasteiger partial charge < -0.3 is 9.47 Å². The molecule has 0 aliphatic rings. The number of aromatic nitrogens is 2. The second-order valence-corrected chi connectivity index (χ2v) is 6.55. The summed E-state index contributed by atoms with van der Waals surface area (Å²) in [6.45, 7) is 0.200. The van der Waals surface area contributed by atoms with Crippen molar-refractivity contribution in [1.29, 1.82) is 0 Å². The van der Waals surface area contributed by atoms with Crippen LogP contribution in [-0.2, 0) is 11.3 Å². The first-order chi connectivity index (χ1) is 11.7. The highest BCUT2D eigenvalue weighted by molar-refractivity contribution is 9.10. The maximum absolute atomic E-state index is 12.3.